The number of benzene rings is 2. The van der Waals surface area contributed by atoms with Gasteiger partial charge in [0.25, 0.3) is 0 Å². The average molecular weight is 388 g/mol. The summed E-state index contributed by atoms with van der Waals surface area (Å²) in [6, 6.07) is 14.1. The van der Waals surface area contributed by atoms with E-state index in [1.54, 1.807) is 42.5 Å². The van der Waals surface area contributed by atoms with E-state index in [-0.39, 0.29) is 6.54 Å². The van der Waals surface area contributed by atoms with Crippen LogP contribution >= 0.6 is 0 Å². The number of nitrogens with one attached hydrogen (secondary N) is 1. The molecule has 1 amide bonds. The molecule has 0 heterocycles. The summed E-state index contributed by atoms with van der Waals surface area (Å²) in [7, 11) is -3.62. The molecule has 0 aliphatic carbocycles. The second-order valence-corrected chi connectivity index (χ2v) is 7.83. The van der Waals surface area contributed by atoms with Crippen molar-refractivity contribution in [2.24, 2.45) is 0 Å². The summed E-state index contributed by atoms with van der Waals surface area (Å²) in [5.74, 6) is 0.149. The average Bonchev–Trinajstić information content (AvgIpc) is 2.64. The summed E-state index contributed by atoms with van der Waals surface area (Å²) in [5, 5.41) is 2.72. The number of hydrogen-bond acceptors (Lipinski definition) is 4. The van der Waals surface area contributed by atoms with Crippen LogP contribution in [0.5, 0.6) is 5.75 Å². The van der Waals surface area contributed by atoms with E-state index in [9.17, 15) is 13.2 Å². The van der Waals surface area contributed by atoms with Gasteiger partial charge in [-0.15, -0.1) is 0 Å². The van der Waals surface area contributed by atoms with Gasteiger partial charge in [0.2, 0.25) is 15.9 Å². The zero-order valence-electron chi connectivity index (χ0n) is 15.5. The first-order valence-corrected chi connectivity index (χ1v) is 10.4. The fraction of sp³-hybridized carbons (Fsp3) is 0.250. The molecule has 0 aliphatic rings. The van der Waals surface area contributed by atoms with Crippen LogP contribution in [0.25, 0.3) is 0 Å². The minimum absolute atomic E-state index is 0.312. The summed E-state index contributed by atoms with van der Waals surface area (Å²) in [4.78, 5) is 12.5. The number of hydrogen-bond donors (Lipinski definition) is 1. The molecule has 1 N–H and O–H groups in total. The van der Waals surface area contributed by atoms with Crippen LogP contribution in [0.3, 0.4) is 0 Å². The van der Waals surface area contributed by atoms with E-state index in [0.717, 1.165) is 16.1 Å². The molecule has 144 valence electrons. The SMILES string of the molecule is C=CCOc1cccc(NC(=O)CN(c2ccccc2CC)S(C)(=O)=O)c1. The number of amides is 1. The third-order valence-electron chi connectivity index (χ3n) is 3.81. The first kappa shape index (κ1) is 20.5. The van der Waals surface area contributed by atoms with E-state index in [4.69, 9.17) is 4.74 Å². The van der Waals surface area contributed by atoms with Crippen LogP contribution in [0.4, 0.5) is 11.4 Å². The van der Waals surface area contributed by atoms with Crippen molar-refractivity contribution >= 4 is 27.3 Å². The smallest absolute Gasteiger partial charge is 0.245 e. The molecule has 0 saturated carbocycles. The van der Waals surface area contributed by atoms with Gasteiger partial charge in [0.1, 0.15) is 18.9 Å². The maximum absolute atomic E-state index is 12.5. The third-order valence-corrected chi connectivity index (χ3v) is 4.94. The zero-order chi connectivity index (χ0) is 19.9. The predicted octanol–water partition coefficient (Wildman–Crippen LogP) is 3.22. The molecular weight excluding hydrogens is 364 g/mol. The predicted molar refractivity (Wildman–Crippen MR) is 109 cm³/mol. The molecule has 2 rings (SSSR count). The van der Waals surface area contributed by atoms with Crippen molar-refractivity contribution in [3.8, 4) is 5.75 Å². The number of anilines is 2. The number of nitrogens with zero attached hydrogens (tertiary/aromatic N) is 1. The number of carbonyl (C=O) groups is 1. The Balaban J connectivity index is 2.19. The summed E-state index contributed by atoms with van der Waals surface area (Å²) in [6.07, 6.45) is 3.38. The van der Waals surface area contributed by atoms with Gasteiger partial charge in [-0.3, -0.25) is 9.10 Å². The Morgan fingerprint density at radius 3 is 2.63 bits per heavy atom. The minimum atomic E-state index is -3.62. The molecule has 0 spiro atoms. The van der Waals surface area contributed by atoms with Crippen molar-refractivity contribution in [1.29, 1.82) is 0 Å². The number of carbonyl (C=O) groups excluding carboxylic acids is 1. The van der Waals surface area contributed by atoms with Crippen LogP contribution in [0.1, 0.15) is 12.5 Å². The van der Waals surface area contributed by atoms with Gasteiger partial charge < -0.3 is 10.1 Å². The highest BCUT2D eigenvalue weighted by molar-refractivity contribution is 7.92. The zero-order valence-corrected chi connectivity index (χ0v) is 16.3. The third kappa shape index (κ3) is 5.86. The molecular formula is C20H24N2O4S. The Morgan fingerprint density at radius 2 is 1.96 bits per heavy atom. The molecule has 6 nitrogen and oxygen atoms in total. The minimum Gasteiger partial charge on any atom is -0.489 e. The van der Waals surface area contributed by atoms with Crippen molar-refractivity contribution in [3.63, 3.8) is 0 Å². The maximum Gasteiger partial charge on any atom is 0.245 e. The normalized spacial score (nSPS) is 10.9. The number of aryl methyl sites for hydroxylation is 1. The van der Waals surface area contributed by atoms with Gasteiger partial charge in [-0.2, -0.15) is 0 Å². The molecule has 0 unspecified atom stereocenters. The lowest BCUT2D eigenvalue weighted by Crippen LogP contribution is -2.38. The van der Waals surface area contributed by atoms with Crippen molar-refractivity contribution in [3.05, 3.63) is 66.7 Å². The molecule has 0 radical (unpaired) electrons. The van der Waals surface area contributed by atoms with Gasteiger partial charge >= 0.3 is 0 Å². The van der Waals surface area contributed by atoms with Crippen LogP contribution in [0, 0.1) is 0 Å². The van der Waals surface area contributed by atoms with E-state index >= 15 is 0 Å². The molecule has 0 atom stereocenters. The monoisotopic (exact) mass is 388 g/mol. The van der Waals surface area contributed by atoms with E-state index in [2.05, 4.69) is 11.9 Å². The van der Waals surface area contributed by atoms with Crippen molar-refractivity contribution in [1.82, 2.24) is 0 Å². The van der Waals surface area contributed by atoms with Gasteiger partial charge in [0, 0.05) is 11.8 Å². The first-order valence-electron chi connectivity index (χ1n) is 8.54. The van der Waals surface area contributed by atoms with E-state index < -0.39 is 15.9 Å². The summed E-state index contributed by atoms with van der Waals surface area (Å²) >= 11 is 0. The van der Waals surface area contributed by atoms with Crippen molar-refractivity contribution in [2.75, 3.05) is 29.0 Å². The second kappa shape index (κ2) is 9.23. The van der Waals surface area contributed by atoms with Gasteiger partial charge in [-0.25, -0.2) is 8.42 Å². The fourth-order valence-electron chi connectivity index (χ4n) is 2.58. The van der Waals surface area contributed by atoms with Gasteiger partial charge in [-0.1, -0.05) is 43.8 Å². The summed E-state index contributed by atoms with van der Waals surface area (Å²) in [6.45, 7) is 5.57. The summed E-state index contributed by atoms with van der Waals surface area (Å²) < 4.78 is 31.1. The van der Waals surface area contributed by atoms with Crippen LogP contribution in [-0.4, -0.2) is 33.7 Å². The fourth-order valence-corrected chi connectivity index (χ4v) is 3.47. The number of para-hydroxylation sites is 1. The topological polar surface area (TPSA) is 75.7 Å². The molecule has 0 fully saturated rings. The number of sulfonamides is 1. The van der Waals surface area contributed by atoms with Gasteiger partial charge in [0.05, 0.1) is 11.9 Å². The van der Waals surface area contributed by atoms with Gasteiger partial charge in [0.15, 0.2) is 0 Å². The Labute approximate surface area is 160 Å². The summed E-state index contributed by atoms with van der Waals surface area (Å²) in [5.41, 5.74) is 1.90. The van der Waals surface area contributed by atoms with E-state index in [1.165, 1.54) is 0 Å². The Bertz CT molecular complexity index is 910. The lowest BCUT2D eigenvalue weighted by atomic mass is 10.1. The molecule has 0 saturated heterocycles. The van der Waals surface area contributed by atoms with E-state index in [0.29, 0.717) is 30.2 Å². The number of ether oxygens (including phenoxy) is 1. The Hall–Kier alpha value is -2.80. The van der Waals surface area contributed by atoms with Crippen LogP contribution in [0.15, 0.2) is 61.2 Å². The highest BCUT2D eigenvalue weighted by atomic mass is 32.2. The molecule has 0 aromatic heterocycles. The Morgan fingerprint density at radius 1 is 1.22 bits per heavy atom. The molecule has 0 aliphatic heterocycles. The highest BCUT2D eigenvalue weighted by Crippen LogP contribution is 2.24. The molecule has 2 aromatic rings. The quantitative estimate of drug-likeness (QED) is 0.669. The van der Waals surface area contributed by atoms with Crippen LogP contribution in [-0.2, 0) is 21.2 Å². The largest absolute Gasteiger partial charge is 0.489 e. The van der Waals surface area contributed by atoms with E-state index in [1.807, 2.05) is 19.1 Å². The first-order chi connectivity index (χ1) is 12.8. The molecule has 0 bridgehead atoms. The Kier molecular flexibility index (Phi) is 7.01. The molecule has 7 heteroatoms. The standard InChI is InChI=1S/C20H24N2O4S/c1-4-13-26-18-11-8-10-17(14-18)21-20(23)15-22(27(3,24)25)19-12-7-6-9-16(19)5-2/h4,6-12,14H,1,5,13,15H2,2-3H3,(H,21,23). The van der Waals surface area contributed by atoms with Crippen LogP contribution < -0.4 is 14.4 Å². The lowest BCUT2D eigenvalue weighted by Gasteiger charge is -2.24. The van der Waals surface area contributed by atoms with Crippen molar-refractivity contribution in [2.45, 2.75) is 13.3 Å². The van der Waals surface area contributed by atoms with Crippen molar-refractivity contribution < 1.29 is 17.9 Å². The highest BCUT2D eigenvalue weighted by Gasteiger charge is 2.22. The molecule has 2 aromatic carbocycles. The molecule has 27 heavy (non-hydrogen) atoms. The lowest BCUT2D eigenvalue weighted by molar-refractivity contribution is -0.114. The second-order valence-electron chi connectivity index (χ2n) is 5.93. The van der Waals surface area contributed by atoms with Crippen LogP contribution in [0.2, 0.25) is 0 Å². The maximum atomic E-state index is 12.5. The van der Waals surface area contributed by atoms with Gasteiger partial charge in [-0.05, 0) is 30.2 Å². The number of rotatable bonds is 9.